The molecule has 1 saturated carbocycles. The molecule has 0 aromatic rings. The molecule has 0 amide bonds. The molecule has 48 valence electrons. The summed E-state index contributed by atoms with van der Waals surface area (Å²) in [5, 5.41) is 10.1. The van der Waals surface area contributed by atoms with Crippen LogP contribution in [0.5, 0.6) is 0 Å². The van der Waals surface area contributed by atoms with Gasteiger partial charge in [0.2, 0.25) is 0 Å². The highest BCUT2D eigenvalue weighted by Gasteiger charge is 2.20. The molecule has 1 aliphatic carbocycles. The molecule has 1 nitrogen and oxygen atoms in total. The van der Waals surface area contributed by atoms with E-state index in [9.17, 15) is 0 Å². The van der Waals surface area contributed by atoms with Gasteiger partial charge in [-0.2, -0.15) is 0 Å². The normalized spacial score (nSPS) is 38.2. The zero-order valence-electron chi connectivity index (χ0n) is 4.81. The summed E-state index contributed by atoms with van der Waals surface area (Å²) in [7, 11) is 0. The van der Waals surface area contributed by atoms with Crippen molar-refractivity contribution in [3.8, 4) is 0 Å². The molecule has 0 heterocycles. The fraction of sp³-hybridized carbons (Fsp3) is 1.00. The number of alkyl halides is 1. The second-order valence-electron chi connectivity index (χ2n) is 2.49. The molecule has 2 heteroatoms. The number of halogens is 1. The predicted octanol–water partition coefficient (Wildman–Crippen LogP) is 1.54. The molecule has 1 aliphatic rings. The van der Waals surface area contributed by atoms with E-state index < -0.39 is 0 Å². The number of hydrogen-bond acceptors (Lipinski definition) is 1. The van der Waals surface area contributed by atoms with Crippen molar-refractivity contribution in [2.24, 2.45) is 5.92 Å². The molecule has 0 saturated heterocycles. The predicted molar refractivity (Wildman–Crippen MR) is 37.1 cm³/mol. The largest absolute Gasteiger partial charge is 0.393 e. The van der Waals surface area contributed by atoms with Crippen molar-refractivity contribution < 1.29 is 5.11 Å². The Hall–Kier alpha value is 0.440. The Morgan fingerprint density at radius 1 is 1.50 bits per heavy atom. The lowest BCUT2D eigenvalue weighted by molar-refractivity contribution is 0.179. The highest BCUT2D eigenvalue weighted by Crippen LogP contribution is 2.26. The Balaban J connectivity index is 2.22. The molecule has 2 unspecified atom stereocenters. The van der Waals surface area contributed by atoms with Crippen molar-refractivity contribution in [3.05, 3.63) is 0 Å². The van der Waals surface area contributed by atoms with Gasteiger partial charge in [0, 0.05) is 5.33 Å². The molecule has 0 bridgehead atoms. The maximum atomic E-state index is 9.01. The first-order valence-corrected chi connectivity index (χ1v) is 4.19. The molecule has 1 fully saturated rings. The van der Waals surface area contributed by atoms with Crippen LogP contribution in [0.3, 0.4) is 0 Å². The van der Waals surface area contributed by atoms with Crippen molar-refractivity contribution in [2.75, 3.05) is 5.33 Å². The van der Waals surface area contributed by atoms with Crippen molar-refractivity contribution in [2.45, 2.75) is 25.4 Å². The fourth-order valence-electron chi connectivity index (χ4n) is 1.19. The van der Waals surface area contributed by atoms with Gasteiger partial charge >= 0.3 is 0 Å². The lowest BCUT2D eigenvalue weighted by Gasteiger charge is -2.00. The number of aliphatic hydroxyl groups excluding tert-OH is 1. The average Bonchev–Trinajstić information content (AvgIpc) is 2.14. The summed E-state index contributed by atoms with van der Waals surface area (Å²) in [4.78, 5) is 0. The van der Waals surface area contributed by atoms with Gasteiger partial charge in [-0.3, -0.25) is 0 Å². The third kappa shape index (κ3) is 1.46. The van der Waals surface area contributed by atoms with Crippen molar-refractivity contribution >= 4 is 15.9 Å². The first-order valence-electron chi connectivity index (χ1n) is 3.07. The van der Waals surface area contributed by atoms with Gasteiger partial charge in [-0.1, -0.05) is 15.9 Å². The van der Waals surface area contributed by atoms with Gasteiger partial charge in [0.25, 0.3) is 0 Å². The van der Waals surface area contributed by atoms with E-state index in [2.05, 4.69) is 15.9 Å². The summed E-state index contributed by atoms with van der Waals surface area (Å²) >= 11 is 3.39. The smallest absolute Gasteiger partial charge is 0.0543 e. The Labute approximate surface area is 58.2 Å². The lowest BCUT2D eigenvalue weighted by atomic mass is 10.1. The average molecular weight is 179 g/mol. The molecule has 8 heavy (non-hydrogen) atoms. The highest BCUT2D eigenvalue weighted by atomic mass is 79.9. The Morgan fingerprint density at radius 3 is 2.50 bits per heavy atom. The number of rotatable bonds is 1. The van der Waals surface area contributed by atoms with E-state index in [1.165, 1.54) is 6.42 Å². The highest BCUT2D eigenvalue weighted by molar-refractivity contribution is 9.09. The van der Waals surface area contributed by atoms with Crippen LogP contribution >= 0.6 is 15.9 Å². The van der Waals surface area contributed by atoms with Crippen LogP contribution in [0, 0.1) is 5.92 Å². The first kappa shape index (κ1) is 6.56. The van der Waals surface area contributed by atoms with E-state index in [4.69, 9.17) is 5.11 Å². The van der Waals surface area contributed by atoms with Gasteiger partial charge in [0.05, 0.1) is 6.10 Å². The van der Waals surface area contributed by atoms with Crippen LogP contribution in [0.15, 0.2) is 0 Å². The van der Waals surface area contributed by atoms with Gasteiger partial charge in [0.1, 0.15) is 0 Å². The minimum atomic E-state index is -0.00227. The van der Waals surface area contributed by atoms with E-state index in [1.54, 1.807) is 0 Å². The molecule has 0 spiro atoms. The molecule has 1 N–H and O–H groups in total. The zero-order chi connectivity index (χ0) is 5.98. The summed E-state index contributed by atoms with van der Waals surface area (Å²) in [6.07, 6.45) is 3.21. The van der Waals surface area contributed by atoms with E-state index in [1.807, 2.05) is 0 Å². The van der Waals surface area contributed by atoms with E-state index in [0.29, 0.717) is 0 Å². The number of aliphatic hydroxyl groups is 1. The van der Waals surface area contributed by atoms with Gasteiger partial charge in [-0.15, -0.1) is 0 Å². The van der Waals surface area contributed by atoms with Crippen LogP contribution in [-0.4, -0.2) is 16.5 Å². The molecule has 0 aromatic carbocycles. The lowest BCUT2D eigenvalue weighted by Crippen LogP contribution is -2.00. The molecule has 1 rings (SSSR count). The summed E-state index contributed by atoms with van der Waals surface area (Å²) in [5.74, 6) is 0.741. The maximum absolute atomic E-state index is 9.01. The van der Waals surface area contributed by atoms with Crippen LogP contribution in [0.25, 0.3) is 0 Å². The van der Waals surface area contributed by atoms with Crippen LogP contribution in [-0.2, 0) is 0 Å². The first-order chi connectivity index (χ1) is 3.83. The Kier molecular flexibility index (Phi) is 2.32. The van der Waals surface area contributed by atoms with Gasteiger partial charge in [-0.05, 0) is 25.2 Å². The summed E-state index contributed by atoms with van der Waals surface area (Å²) in [6, 6.07) is 0. The van der Waals surface area contributed by atoms with Crippen LogP contribution in [0.2, 0.25) is 0 Å². The zero-order valence-corrected chi connectivity index (χ0v) is 6.39. The molecular weight excluding hydrogens is 168 g/mol. The quantitative estimate of drug-likeness (QED) is 0.605. The van der Waals surface area contributed by atoms with Gasteiger partial charge in [0.15, 0.2) is 0 Å². The second kappa shape index (κ2) is 2.83. The fourth-order valence-corrected chi connectivity index (χ4v) is 1.78. The Bertz CT molecular complexity index is 74.9. The Morgan fingerprint density at radius 2 is 2.25 bits per heavy atom. The van der Waals surface area contributed by atoms with Crippen molar-refractivity contribution in [1.82, 2.24) is 0 Å². The van der Waals surface area contributed by atoms with Crippen molar-refractivity contribution in [1.29, 1.82) is 0 Å². The van der Waals surface area contributed by atoms with Gasteiger partial charge in [-0.25, -0.2) is 0 Å². The standard InChI is InChI=1S/C6H11BrO/c7-4-5-1-2-6(8)3-5/h5-6,8H,1-4H2. The molecule has 0 aromatic heterocycles. The minimum absolute atomic E-state index is 0.00227. The minimum Gasteiger partial charge on any atom is -0.393 e. The van der Waals surface area contributed by atoms with Crippen LogP contribution < -0.4 is 0 Å². The molecule has 0 aliphatic heterocycles. The van der Waals surface area contributed by atoms with E-state index in [0.717, 1.165) is 24.1 Å². The third-order valence-electron chi connectivity index (χ3n) is 1.73. The maximum Gasteiger partial charge on any atom is 0.0543 e. The molecular formula is C6H11BrO. The summed E-state index contributed by atoms with van der Waals surface area (Å²) in [6.45, 7) is 0. The van der Waals surface area contributed by atoms with Gasteiger partial charge < -0.3 is 5.11 Å². The van der Waals surface area contributed by atoms with Crippen LogP contribution in [0.4, 0.5) is 0 Å². The topological polar surface area (TPSA) is 20.2 Å². The van der Waals surface area contributed by atoms with Crippen molar-refractivity contribution in [3.63, 3.8) is 0 Å². The van der Waals surface area contributed by atoms with E-state index in [-0.39, 0.29) is 6.10 Å². The third-order valence-corrected chi connectivity index (χ3v) is 2.65. The molecule has 0 radical (unpaired) electrons. The summed E-state index contributed by atoms with van der Waals surface area (Å²) in [5.41, 5.74) is 0. The SMILES string of the molecule is OC1CCC(CBr)C1. The number of hydrogen-bond donors (Lipinski definition) is 1. The monoisotopic (exact) mass is 178 g/mol. The second-order valence-corrected chi connectivity index (χ2v) is 3.13. The van der Waals surface area contributed by atoms with E-state index >= 15 is 0 Å². The summed E-state index contributed by atoms with van der Waals surface area (Å²) < 4.78 is 0. The van der Waals surface area contributed by atoms with Crippen LogP contribution in [0.1, 0.15) is 19.3 Å². The molecule has 2 atom stereocenters.